The molecular formula is C12H13N3OS2. The molecule has 1 heterocycles. The largest absolute Gasteiger partial charge is 0.356 e. The molecule has 2 aromatic rings. The van der Waals surface area contributed by atoms with E-state index >= 15 is 0 Å². The van der Waals surface area contributed by atoms with Crippen molar-refractivity contribution in [2.24, 2.45) is 0 Å². The van der Waals surface area contributed by atoms with Crippen LogP contribution in [0.4, 0.5) is 0 Å². The Kier molecular flexibility index (Phi) is 4.72. The molecule has 0 aliphatic heterocycles. The average Bonchev–Trinajstić information content (AvgIpc) is 2.87. The standard InChI is InChI=1S/C12H13N3OS2/c1-2-13-10(16)8-17-12-14-11(15-18-12)9-6-4-3-5-7-9/h3-7H,2,8H2,1H3,(H,13,16). The maximum atomic E-state index is 11.3. The van der Waals surface area contributed by atoms with Crippen LogP contribution < -0.4 is 5.32 Å². The van der Waals surface area contributed by atoms with Gasteiger partial charge in [0, 0.05) is 12.1 Å². The van der Waals surface area contributed by atoms with E-state index in [-0.39, 0.29) is 5.91 Å². The second-order valence-corrected chi connectivity index (χ2v) is 5.47. The van der Waals surface area contributed by atoms with Crippen molar-refractivity contribution in [2.45, 2.75) is 11.3 Å². The fraction of sp³-hybridized carbons (Fsp3) is 0.250. The van der Waals surface area contributed by atoms with Gasteiger partial charge in [0.25, 0.3) is 0 Å². The molecule has 0 fully saturated rings. The Morgan fingerprint density at radius 1 is 1.39 bits per heavy atom. The molecule has 0 atom stereocenters. The zero-order valence-electron chi connectivity index (χ0n) is 9.92. The van der Waals surface area contributed by atoms with Crippen molar-refractivity contribution in [3.63, 3.8) is 0 Å². The van der Waals surface area contributed by atoms with Gasteiger partial charge in [-0.15, -0.1) is 0 Å². The number of aromatic nitrogens is 2. The van der Waals surface area contributed by atoms with E-state index in [1.807, 2.05) is 37.3 Å². The third kappa shape index (κ3) is 3.54. The first-order chi connectivity index (χ1) is 8.79. The molecule has 1 amide bonds. The molecule has 1 N–H and O–H groups in total. The van der Waals surface area contributed by atoms with E-state index in [4.69, 9.17) is 0 Å². The maximum Gasteiger partial charge on any atom is 0.230 e. The molecule has 18 heavy (non-hydrogen) atoms. The fourth-order valence-corrected chi connectivity index (χ4v) is 2.79. The van der Waals surface area contributed by atoms with Gasteiger partial charge in [-0.2, -0.15) is 4.37 Å². The zero-order chi connectivity index (χ0) is 12.8. The van der Waals surface area contributed by atoms with E-state index < -0.39 is 0 Å². The second kappa shape index (κ2) is 6.51. The molecule has 6 heteroatoms. The maximum absolute atomic E-state index is 11.3. The van der Waals surface area contributed by atoms with Gasteiger partial charge in [0.05, 0.1) is 5.75 Å². The molecule has 0 saturated heterocycles. The van der Waals surface area contributed by atoms with Crippen LogP contribution in [0.1, 0.15) is 6.92 Å². The lowest BCUT2D eigenvalue weighted by Crippen LogP contribution is -2.24. The van der Waals surface area contributed by atoms with Gasteiger partial charge in [-0.25, -0.2) is 4.98 Å². The zero-order valence-corrected chi connectivity index (χ0v) is 11.6. The number of nitrogens with zero attached hydrogens (tertiary/aromatic N) is 2. The van der Waals surface area contributed by atoms with Crippen LogP contribution in [-0.2, 0) is 4.79 Å². The molecule has 0 radical (unpaired) electrons. The average molecular weight is 279 g/mol. The van der Waals surface area contributed by atoms with Crippen molar-refractivity contribution in [1.82, 2.24) is 14.7 Å². The van der Waals surface area contributed by atoms with Crippen molar-refractivity contribution in [1.29, 1.82) is 0 Å². The SMILES string of the molecule is CCNC(=O)CSc1nc(-c2ccccc2)ns1. The van der Waals surface area contributed by atoms with Crippen LogP contribution in [0.25, 0.3) is 11.4 Å². The lowest BCUT2D eigenvalue weighted by atomic mass is 10.2. The lowest BCUT2D eigenvalue weighted by molar-refractivity contribution is -0.118. The molecule has 0 unspecified atom stereocenters. The summed E-state index contributed by atoms with van der Waals surface area (Å²) < 4.78 is 5.11. The third-order valence-corrected chi connectivity index (χ3v) is 3.97. The highest BCUT2D eigenvalue weighted by atomic mass is 32.2. The summed E-state index contributed by atoms with van der Waals surface area (Å²) >= 11 is 2.74. The lowest BCUT2D eigenvalue weighted by Gasteiger charge is -1.98. The summed E-state index contributed by atoms with van der Waals surface area (Å²) in [6.07, 6.45) is 0. The summed E-state index contributed by atoms with van der Waals surface area (Å²) in [4.78, 5) is 15.7. The summed E-state index contributed by atoms with van der Waals surface area (Å²) in [6, 6.07) is 9.82. The predicted octanol–water partition coefficient (Wildman–Crippen LogP) is 2.43. The highest BCUT2D eigenvalue weighted by Gasteiger charge is 2.08. The Hall–Kier alpha value is -1.40. The Balaban J connectivity index is 1.97. The van der Waals surface area contributed by atoms with Crippen molar-refractivity contribution in [2.75, 3.05) is 12.3 Å². The second-order valence-electron chi connectivity index (χ2n) is 3.49. The summed E-state index contributed by atoms with van der Waals surface area (Å²) in [5.41, 5.74) is 0.999. The normalized spacial score (nSPS) is 10.3. The van der Waals surface area contributed by atoms with E-state index in [1.54, 1.807) is 0 Å². The Bertz CT molecular complexity index is 513. The number of nitrogens with one attached hydrogen (secondary N) is 1. The highest BCUT2D eigenvalue weighted by Crippen LogP contribution is 2.24. The third-order valence-electron chi connectivity index (χ3n) is 2.14. The van der Waals surface area contributed by atoms with Gasteiger partial charge in [-0.1, -0.05) is 42.1 Å². The van der Waals surface area contributed by atoms with Gasteiger partial charge in [-0.3, -0.25) is 4.79 Å². The fourth-order valence-electron chi connectivity index (χ4n) is 1.35. The molecule has 0 spiro atoms. The molecule has 1 aromatic carbocycles. The number of rotatable bonds is 5. The summed E-state index contributed by atoms with van der Waals surface area (Å²) in [7, 11) is 0. The number of amides is 1. The first-order valence-corrected chi connectivity index (χ1v) is 7.34. The van der Waals surface area contributed by atoms with Gasteiger partial charge >= 0.3 is 0 Å². The minimum atomic E-state index is 0.0268. The van der Waals surface area contributed by atoms with Crippen LogP contribution in [-0.4, -0.2) is 27.6 Å². The number of thioether (sulfide) groups is 1. The minimum Gasteiger partial charge on any atom is -0.356 e. The van der Waals surface area contributed by atoms with Crippen molar-refractivity contribution >= 4 is 29.2 Å². The smallest absolute Gasteiger partial charge is 0.230 e. The molecule has 4 nitrogen and oxygen atoms in total. The van der Waals surface area contributed by atoms with Crippen LogP contribution >= 0.6 is 23.3 Å². The van der Waals surface area contributed by atoms with Crippen LogP contribution in [0.3, 0.4) is 0 Å². The molecule has 0 aliphatic rings. The Morgan fingerprint density at radius 2 is 2.17 bits per heavy atom. The van der Waals surface area contributed by atoms with Gasteiger partial charge in [0.1, 0.15) is 0 Å². The number of carbonyl (C=O) groups excluding carboxylic acids is 1. The van der Waals surface area contributed by atoms with Crippen molar-refractivity contribution in [3.8, 4) is 11.4 Å². The van der Waals surface area contributed by atoms with Crippen molar-refractivity contribution < 1.29 is 4.79 Å². The van der Waals surface area contributed by atoms with E-state index in [0.29, 0.717) is 12.3 Å². The first kappa shape index (κ1) is 13.0. The molecule has 1 aromatic heterocycles. The van der Waals surface area contributed by atoms with Crippen LogP contribution in [0.15, 0.2) is 34.7 Å². The van der Waals surface area contributed by atoms with Crippen molar-refractivity contribution in [3.05, 3.63) is 30.3 Å². The molecule has 0 aliphatic carbocycles. The van der Waals surface area contributed by atoms with Gasteiger partial charge < -0.3 is 5.32 Å². The van der Waals surface area contributed by atoms with E-state index in [2.05, 4.69) is 14.7 Å². The van der Waals surface area contributed by atoms with Gasteiger partial charge in [-0.05, 0) is 18.5 Å². The van der Waals surface area contributed by atoms with E-state index in [0.717, 1.165) is 15.7 Å². The van der Waals surface area contributed by atoms with Crippen LogP contribution in [0, 0.1) is 0 Å². The molecule has 2 rings (SSSR count). The summed E-state index contributed by atoms with van der Waals surface area (Å²) in [5.74, 6) is 1.13. The van der Waals surface area contributed by atoms with Gasteiger partial charge in [0.2, 0.25) is 5.91 Å². The molecule has 94 valence electrons. The number of carbonyl (C=O) groups is 1. The van der Waals surface area contributed by atoms with Crippen LogP contribution in [0.5, 0.6) is 0 Å². The number of benzene rings is 1. The molecule has 0 saturated carbocycles. The summed E-state index contributed by atoms with van der Waals surface area (Å²) in [5, 5.41) is 2.75. The highest BCUT2D eigenvalue weighted by molar-refractivity contribution is 8.01. The molecular weight excluding hydrogens is 266 g/mol. The monoisotopic (exact) mass is 279 g/mol. The van der Waals surface area contributed by atoms with Crippen LogP contribution in [0.2, 0.25) is 0 Å². The van der Waals surface area contributed by atoms with Gasteiger partial charge in [0.15, 0.2) is 10.2 Å². The topological polar surface area (TPSA) is 54.9 Å². The van der Waals surface area contributed by atoms with E-state index in [9.17, 15) is 4.79 Å². The first-order valence-electron chi connectivity index (χ1n) is 5.58. The summed E-state index contributed by atoms with van der Waals surface area (Å²) in [6.45, 7) is 2.56. The van der Waals surface area contributed by atoms with E-state index in [1.165, 1.54) is 23.3 Å². The Labute approximate surface area is 114 Å². The Morgan fingerprint density at radius 3 is 2.89 bits per heavy atom. The number of hydrogen-bond donors (Lipinski definition) is 1. The minimum absolute atomic E-state index is 0.0268. The quantitative estimate of drug-likeness (QED) is 0.854. The molecule has 0 bridgehead atoms. The number of hydrogen-bond acceptors (Lipinski definition) is 5. The predicted molar refractivity (Wildman–Crippen MR) is 74.8 cm³/mol.